The van der Waals surface area contributed by atoms with Crippen molar-refractivity contribution >= 4 is 33.5 Å². The minimum Gasteiger partial charge on any atom is -0.422 e. The molecule has 0 saturated carbocycles. The molecular formula is C30H26O4. The van der Waals surface area contributed by atoms with Crippen LogP contribution in [-0.4, -0.2) is 11.9 Å². The van der Waals surface area contributed by atoms with Gasteiger partial charge in [-0.2, -0.15) is 0 Å². The van der Waals surface area contributed by atoms with E-state index in [0.717, 1.165) is 32.7 Å². The van der Waals surface area contributed by atoms with Gasteiger partial charge in [-0.15, -0.1) is 0 Å². The average Bonchev–Trinajstić information content (AvgIpc) is 2.80. The molecule has 0 aromatic heterocycles. The maximum absolute atomic E-state index is 12.6. The Kier molecular flexibility index (Phi) is 6.08. The Morgan fingerprint density at radius 2 is 1.00 bits per heavy atom. The van der Waals surface area contributed by atoms with Gasteiger partial charge in [-0.05, 0) is 72.5 Å². The van der Waals surface area contributed by atoms with Crippen molar-refractivity contribution < 1.29 is 19.1 Å². The first-order valence-electron chi connectivity index (χ1n) is 11.0. The SMILES string of the molecule is C=C(C)C(=O)Oc1c(C)cc2ccccc2c1-c1c(OC(=O)C(=C)C)c(C)cc2ccccc12. The predicted molar refractivity (Wildman–Crippen MR) is 137 cm³/mol. The lowest BCUT2D eigenvalue weighted by molar-refractivity contribution is -0.131. The number of carbonyl (C=O) groups is 2. The van der Waals surface area contributed by atoms with Gasteiger partial charge in [0.25, 0.3) is 0 Å². The van der Waals surface area contributed by atoms with Gasteiger partial charge in [0.2, 0.25) is 0 Å². The van der Waals surface area contributed by atoms with Crippen LogP contribution in [0, 0.1) is 13.8 Å². The number of hydrogen-bond acceptors (Lipinski definition) is 4. The Morgan fingerprint density at radius 1 is 0.647 bits per heavy atom. The van der Waals surface area contributed by atoms with E-state index in [-0.39, 0.29) is 0 Å². The van der Waals surface area contributed by atoms with E-state index in [2.05, 4.69) is 13.2 Å². The number of hydrogen-bond donors (Lipinski definition) is 0. The molecule has 0 bridgehead atoms. The number of benzene rings is 4. The summed E-state index contributed by atoms with van der Waals surface area (Å²) < 4.78 is 11.8. The van der Waals surface area contributed by atoms with E-state index >= 15 is 0 Å². The summed E-state index contributed by atoms with van der Waals surface area (Å²) in [7, 11) is 0. The molecule has 0 aliphatic carbocycles. The van der Waals surface area contributed by atoms with Crippen molar-refractivity contribution in [1.29, 1.82) is 0 Å². The van der Waals surface area contributed by atoms with Crippen molar-refractivity contribution in [2.45, 2.75) is 27.7 Å². The molecule has 4 heteroatoms. The maximum Gasteiger partial charge on any atom is 0.338 e. The van der Waals surface area contributed by atoms with E-state index in [0.29, 0.717) is 33.8 Å². The molecule has 0 aliphatic rings. The predicted octanol–water partition coefficient (Wildman–Crippen LogP) is 7.24. The lowest BCUT2D eigenvalue weighted by Crippen LogP contribution is -2.12. The van der Waals surface area contributed by atoms with Crippen LogP contribution < -0.4 is 9.47 Å². The Bertz CT molecular complexity index is 1390. The summed E-state index contributed by atoms with van der Waals surface area (Å²) >= 11 is 0. The highest BCUT2D eigenvalue weighted by Crippen LogP contribution is 2.48. The third kappa shape index (κ3) is 4.11. The largest absolute Gasteiger partial charge is 0.422 e. The zero-order valence-corrected chi connectivity index (χ0v) is 19.8. The fraction of sp³-hybridized carbons (Fsp3) is 0.133. The van der Waals surface area contributed by atoms with Crippen molar-refractivity contribution in [1.82, 2.24) is 0 Å². The second-order valence-corrected chi connectivity index (χ2v) is 8.58. The molecule has 170 valence electrons. The lowest BCUT2D eigenvalue weighted by Gasteiger charge is -2.21. The minimum atomic E-state index is -0.517. The van der Waals surface area contributed by atoms with Gasteiger partial charge in [-0.1, -0.05) is 61.7 Å². The Hall–Kier alpha value is -4.18. The van der Waals surface area contributed by atoms with Crippen LogP contribution >= 0.6 is 0 Å². The lowest BCUT2D eigenvalue weighted by atomic mass is 9.89. The van der Waals surface area contributed by atoms with Crippen LogP contribution in [0.4, 0.5) is 0 Å². The van der Waals surface area contributed by atoms with E-state index in [4.69, 9.17) is 9.47 Å². The van der Waals surface area contributed by atoms with E-state index in [9.17, 15) is 9.59 Å². The van der Waals surface area contributed by atoms with E-state index in [1.54, 1.807) is 13.8 Å². The number of ether oxygens (including phenoxy) is 2. The van der Waals surface area contributed by atoms with Crippen LogP contribution in [0.15, 0.2) is 85.0 Å². The smallest absolute Gasteiger partial charge is 0.338 e. The van der Waals surface area contributed by atoms with Crippen LogP contribution in [0.2, 0.25) is 0 Å². The monoisotopic (exact) mass is 450 g/mol. The van der Waals surface area contributed by atoms with Crippen molar-refractivity contribution in [3.05, 3.63) is 96.1 Å². The summed E-state index contributed by atoms with van der Waals surface area (Å²) in [5.74, 6) is -0.209. The summed E-state index contributed by atoms with van der Waals surface area (Å²) in [5, 5.41) is 3.71. The van der Waals surface area contributed by atoms with Gasteiger partial charge in [0.15, 0.2) is 0 Å². The molecule has 34 heavy (non-hydrogen) atoms. The first-order chi connectivity index (χ1) is 16.2. The number of aryl methyl sites for hydroxylation is 2. The molecular weight excluding hydrogens is 424 g/mol. The Balaban J connectivity index is 2.19. The molecule has 0 spiro atoms. The molecule has 0 amide bonds. The van der Waals surface area contributed by atoms with Gasteiger partial charge in [0.1, 0.15) is 11.5 Å². The van der Waals surface area contributed by atoms with Crippen LogP contribution in [-0.2, 0) is 9.59 Å². The van der Waals surface area contributed by atoms with Crippen LogP contribution in [0.25, 0.3) is 32.7 Å². The van der Waals surface area contributed by atoms with E-state index < -0.39 is 11.9 Å². The van der Waals surface area contributed by atoms with Gasteiger partial charge in [-0.25, -0.2) is 9.59 Å². The van der Waals surface area contributed by atoms with Gasteiger partial charge < -0.3 is 9.47 Å². The number of esters is 2. The molecule has 0 heterocycles. The van der Waals surface area contributed by atoms with Crippen molar-refractivity contribution in [2.24, 2.45) is 0 Å². The minimum absolute atomic E-state index is 0.293. The van der Waals surface area contributed by atoms with Gasteiger partial charge in [0.05, 0.1) is 0 Å². The zero-order valence-electron chi connectivity index (χ0n) is 19.8. The normalized spacial score (nSPS) is 10.8. The van der Waals surface area contributed by atoms with Crippen LogP contribution in [0.1, 0.15) is 25.0 Å². The summed E-state index contributed by atoms with van der Waals surface area (Å²) in [5.41, 5.74) is 3.53. The Labute approximate surface area is 199 Å². The molecule has 0 atom stereocenters. The molecule has 4 rings (SSSR count). The van der Waals surface area contributed by atoms with Crippen molar-refractivity contribution in [3.8, 4) is 22.6 Å². The molecule has 4 aromatic rings. The highest BCUT2D eigenvalue weighted by Gasteiger charge is 2.25. The van der Waals surface area contributed by atoms with E-state index in [1.165, 1.54) is 0 Å². The molecule has 0 fully saturated rings. The summed E-state index contributed by atoms with van der Waals surface area (Å²) in [4.78, 5) is 25.3. The highest BCUT2D eigenvalue weighted by atomic mass is 16.5. The third-order valence-corrected chi connectivity index (χ3v) is 5.71. The number of carbonyl (C=O) groups excluding carboxylic acids is 2. The van der Waals surface area contributed by atoms with Gasteiger partial charge in [0, 0.05) is 22.3 Å². The summed E-state index contributed by atoms with van der Waals surface area (Å²) in [6.07, 6.45) is 0. The summed E-state index contributed by atoms with van der Waals surface area (Å²) in [6.45, 7) is 14.5. The van der Waals surface area contributed by atoms with Crippen LogP contribution in [0.3, 0.4) is 0 Å². The van der Waals surface area contributed by atoms with Crippen molar-refractivity contribution in [3.63, 3.8) is 0 Å². The van der Waals surface area contributed by atoms with Crippen LogP contribution in [0.5, 0.6) is 11.5 Å². The molecule has 0 aliphatic heterocycles. The topological polar surface area (TPSA) is 52.6 Å². The third-order valence-electron chi connectivity index (χ3n) is 5.71. The Morgan fingerprint density at radius 3 is 1.35 bits per heavy atom. The molecule has 0 unspecified atom stereocenters. The highest BCUT2D eigenvalue weighted by molar-refractivity contribution is 6.12. The molecule has 4 nitrogen and oxygen atoms in total. The quantitative estimate of drug-likeness (QED) is 0.183. The molecule has 0 radical (unpaired) electrons. The fourth-order valence-electron chi connectivity index (χ4n) is 4.06. The maximum atomic E-state index is 12.6. The first kappa shape index (κ1) is 23.0. The van der Waals surface area contributed by atoms with E-state index in [1.807, 2.05) is 74.5 Å². The molecule has 4 aromatic carbocycles. The second-order valence-electron chi connectivity index (χ2n) is 8.58. The number of rotatable bonds is 5. The molecule has 0 N–H and O–H groups in total. The number of fused-ring (bicyclic) bond motifs is 2. The van der Waals surface area contributed by atoms with Crippen molar-refractivity contribution in [2.75, 3.05) is 0 Å². The first-order valence-corrected chi connectivity index (χ1v) is 11.0. The average molecular weight is 451 g/mol. The zero-order chi connectivity index (χ0) is 24.6. The van der Waals surface area contributed by atoms with Gasteiger partial charge in [-0.3, -0.25) is 0 Å². The fourth-order valence-corrected chi connectivity index (χ4v) is 4.06. The van der Waals surface area contributed by atoms with Gasteiger partial charge >= 0.3 is 11.9 Å². The summed E-state index contributed by atoms with van der Waals surface area (Å²) in [6, 6.07) is 19.7. The molecule has 0 saturated heterocycles. The standard InChI is InChI=1S/C30H26O4/c1-17(2)29(31)33-27-19(5)15-21-11-7-9-13-23(21)25(27)26-24-14-10-8-12-22(24)16-20(6)28(26)34-30(32)18(3)4/h7-16H,1,3H2,2,4-6H3. The second kappa shape index (κ2) is 8.99.